The van der Waals surface area contributed by atoms with Gasteiger partial charge in [-0.05, 0) is 98.9 Å². The first-order valence-electron chi connectivity index (χ1n) is 13.8. The Hall–Kier alpha value is -3.02. The Morgan fingerprint density at radius 2 is 1.44 bits per heavy atom. The van der Waals surface area contributed by atoms with Crippen molar-refractivity contribution in [3.05, 3.63) is 59.7 Å². The SMILES string of the molecule is O=C(CNc1ccccc1NC12CC3CC(CC(C3)C1)C2)NCc1ccc(C(=O)N2CCCC2)cc1. The van der Waals surface area contributed by atoms with Gasteiger partial charge in [0, 0.05) is 30.7 Å². The molecule has 1 aliphatic heterocycles. The van der Waals surface area contributed by atoms with Crippen molar-refractivity contribution in [2.75, 3.05) is 30.3 Å². The Kier molecular flexibility index (Phi) is 6.36. The van der Waals surface area contributed by atoms with Crippen molar-refractivity contribution in [2.45, 2.75) is 63.5 Å². The van der Waals surface area contributed by atoms with Gasteiger partial charge in [0.15, 0.2) is 0 Å². The Morgan fingerprint density at radius 1 is 0.833 bits per heavy atom. The normalized spacial score (nSPS) is 28.2. The van der Waals surface area contributed by atoms with Crippen LogP contribution in [0.5, 0.6) is 0 Å². The summed E-state index contributed by atoms with van der Waals surface area (Å²) in [6.45, 7) is 2.38. The van der Waals surface area contributed by atoms with E-state index in [4.69, 9.17) is 0 Å². The van der Waals surface area contributed by atoms with Crippen molar-refractivity contribution < 1.29 is 9.59 Å². The van der Waals surface area contributed by atoms with Crippen LogP contribution in [0.25, 0.3) is 0 Å². The average Bonchev–Trinajstić information content (AvgIpc) is 3.41. The van der Waals surface area contributed by atoms with Gasteiger partial charge >= 0.3 is 0 Å². The lowest BCUT2D eigenvalue weighted by molar-refractivity contribution is -0.119. The molecule has 0 radical (unpaired) electrons. The van der Waals surface area contributed by atoms with Crippen LogP contribution in [0.4, 0.5) is 11.4 Å². The highest BCUT2D eigenvalue weighted by Crippen LogP contribution is 2.56. The number of rotatable bonds is 8. The smallest absolute Gasteiger partial charge is 0.253 e. The van der Waals surface area contributed by atoms with E-state index >= 15 is 0 Å². The molecule has 7 rings (SSSR count). The number of amides is 2. The molecular formula is C30H38N4O2. The maximum atomic E-state index is 12.6. The second-order valence-electron chi connectivity index (χ2n) is 11.7. The third-order valence-electron chi connectivity index (χ3n) is 8.89. The predicted octanol–water partition coefficient (Wildman–Crippen LogP) is 5.03. The number of likely N-dealkylation sites (tertiary alicyclic amines) is 1. The fourth-order valence-corrected chi connectivity index (χ4v) is 7.60. The highest BCUT2D eigenvalue weighted by molar-refractivity contribution is 5.94. The van der Waals surface area contributed by atoms with Gasteiger partial charge in [0.1, 0.15) is 0 Å². The summed E-state index contributed by atoms with van der Waals surface area (Å²) < 4.78 is 0. The molecule has 0 spiro atoms. The van der Waals surface area contributed by atoms with E-state index in [0.717, 1.165) is 66.2 Å². The summed E-state index contributed by atoms with van der Waals surface area (Å²) in [5.41, 5.74) is 4.05. The van der Waals surface area contributed by atoms with Crippen LogP contribution in [0.3, 0.4) is 0 Å². The lowest BCUT2D eigenvalue weighted by Crippen LogP contribution is -2.54. The molecule has 4 bridgehead atoms. The predicted molar refractivity (Wildman–Crippen MR) is 143 cm³/mol. The van der Waals surface area contributed by atoms with E-state index in [2.05, 4.69) is 34.1 Å². The number of anilines is 2. The molecule has 5 aliphatic rings. The highest BCUT2D eigenvalue weighted by Gasteiger charge is 2.51. The van der Waals surface area contributed by atoms with Gasteiger partial charge in [-0.2, -0.15) is 0 Å². The summed E-state index contributed by atoms with van der Waals surface area (Å²) >= 11 is 0. The standard InChI is InChI=1S/C30H38N4O2/c35-28(32-19-21-7-9-25(10-8-21)29(36)34-11-3-4-12-34)20-31-26-5-1-2-6-27(26)33-30-16-22-13-23(17-30)15-24(14-22)18-30/h1-2,5-10,22-24,31,33H,3-4,11-20H2,(H,32,35). The fourth-order valence-electron chi connectivity index (χ4n) is 7.60. The average molecular weight is 487 g/mol. The molecule has 4 saturated carbocycles. The number of benzene rings is 2. The molecule has 6 nitrogen and oxygen atoms in total. The molecule has 2 aromatic carbocycles. The van der Waals surface area contributed by atoms with Crippen LogP contribution < -0.4 is 16.0 Å². The maximum Gasteiger partial charge on any atom is 0.253 e. The largest absolute Gasteiger partial charge is 0.378 e. The van der Waals surface area contributed by atoms with Crippen LogP contribution >= 0.6 is 0 Å². The van der Waals surface area contributed by atoms with Crippen LogP contribution in [-0.2, 0) is 11.3 Å². The number of hydrogen-bond acceptors (Lipinski definition) is 4. The van der Waals surface area contributed by atoms with Crippen molar-refractivity contribution >= 4 is 23.2 Å². The van der Waals surface area contributed by atoms with Crippen molar-refractivity contribution in [3.63, 3.8) is 0 Å². The van der Waals surface area contributed by atoms with Crippen LogP contribution in [0.15, 0.2) is 48.5 Å². The molecule has 2 amide bonds. The molecule has 1 heterocycles. The van der Waals surface area contributed by atoms with Crippen LogP contribution in [-0.4, -0.2) is 41.9 Å². The van der Waals surface area contributed by atoms with Gasteiger partial charge in [-0.15, -0.1) is 0 Å². The van der Waals surface area contributed by atoms with Gasteiger partial charge in [0.05, 0.1) is 17.9 Å². The van der Waals surface area contributed by atoms with E-state index in [1.54, 1.807) is 0 Å². The lowest BCUT2D eigenvalue weighted by Gasteiger charge is -2.57. The number of carbonyl (C=O) groups excluding carboxylic acids is 2. The minimum Gasteiger partial charge on any atom is -0.378 e. The number of nitrogens with one attached hydrogen (secondary N) is 3. The molecular weight excluding hydrogens is 448 g/mol. The van der Waals surface area contributed by atoms with Crippen molar-refractivity contribution in [3.8, 4) is 0 Å². The Labute approximate surface area is 214 Å². The zero-order valence-electron chi connectivity index (χ0n) is 21.1. The van der Waals surface area contributed by atoms with Gasteiger partial charge in [-0.3, -0.25) is 9.59 Å². The van der Waals surface area contributed by atoms with Crippen LogP contribution in [0.2, 0.25) is 0 Å². The lowest BCUT2D eigenvalue weighted by atomic mass is 9.53. The van der Waals surface area contributed by atoms with E-state index in [0.29, 0.717) is 6.54 Å². The molecule has 0 atom stereocenters. The second-order valence-corrected chi connectivity index (χ2v) is 11.7. The summed E-state index contributed by atoms with van der Waals surface area (Å²) in [7, 11) is 0. The first-order valence-corrected chi connectivity index (χ1v) is 13.8. The summed E-state index contributed by atoms with van der Waals surface area (Å²) in [5.74, 6) is 2.73. The first-order chi connectivity index (χ1) is 17.6. The van der Waals surface area contributed by atoms with Crippen molar-refractivity contribution in [1.29, 1.82) is 0 Å². The van der Waals surface area contributed by atoms with E-state index in [-0.39, 0.29) is 23.9 Å². The van der Waals surface area contributed by atoms with Crippen LogP contribution in [0.1, 0.15) is 67.3 Å². The highest BCUT2D eigenvalue weighted by atomic mass is 16.2. The molecule has 0 aromatic heterocycles. The third kappa shape index (κ3) is 4.95. The Morgan fingerprint density at radius 3 is 2.08 bits per heavy atom. The van der Waals surface area contributed by atoms with Crippen molar-refractivity contribution in [1.82, 2.24) is 10.2 Å². The van der Waals surface area contributed by atoms with Gasteiger partial charge < -0.3 is 20.9 Å². The monoisotopic (exact) mass is 486 g/mol. The fraction of sp³-hybridized carbons (Fsp3) is 0.533. The summed E-state index contributed by atoms with van der Waals surface area (Å²) in [5, 5.41) is 10.3. The molecule has 6 heteroatoms. The number of carbonyl (C=O) groups is 2. The summed E-state index contributed by atoms with van der Waals surface area (Å²) in [6.07, 6.45) is 10.3. The van der Waals surface area contributed by atoms with Gasteiger partial charge in [0.2, 0.25) is 5.91 Å². The maximum absolute atomic E-state index is 12.6. The molecule has 5 fully saturated rings. The second kappa shape index (κ2) is 9.79. The van der Waals surface area contributed by atoms with Gasteiger partial charge in [-0.1, -0.05) is 24.3 Å². The van der Waals surface area contributed by atoms with Gasteiger partial charge in [0.25, 0.3) is 5.91 Å². The molecule has 36 heavy (non-hydrogen) atoms. The quantitative estimate of drug-likeness (QED) is 0.489. The molecule has 1 saturated heterocycles. The molecule has 0 unspecified atom stereocenters. The molecule has 3 N–H and O–H groups in total. The third-order valence-corrected chi connectivity index (χ3v) is 8.89. The zero-order valence-corrected chi connectivity index (χ0v) is 21.1. The van der Waals surface area contributed by atoms with Gasteiger partial charge in [-0.25, -0.2) is 0 Å². The Bertz CT molecular complexity index is 1070. The topological polar surface area (TPSA) is 73.5 Å². The number of nitrogens with zero attached hydrogens (tertiary/aromatic N) is 1. The molecule has 2 aromatic rings. The van der Waals surface area contributed by atoms with Crippen LogP contribution in [0, 0.1) is 17.8 Å². The van der Waals surface area contributed by atoms with E-state index < -0.39 is 0 Å². The van der Waals surface area contributed by atoms with Crippen molar-refractivity contribution in [2.24, 2.45) is 17.8 Å². The number of para-hydroxylation sites is 2. The molecule has 4 aliphatic carbocycles. The summed E-state index contributed by atoms with van der Waals surface area (Å²) in [6, 6.07) is 15.9. The molecule has 190 valence electrons. The zero-order chi connectivity index (χ0) is 24.5. The number of hydrogen-bond donors (Lipinski definition) is 3. The van der Waals surface area contributed by atoms with E-state index in [1.165, 1.54) is 38.5 Å². The minimum atomic E-state index is -0.0446. The Balaban J connectivity index is 1.01. The first kappa shape index (κ1) is 23.4. The van der Waals surface area contributed by atoms with E-state index in [9.17, 15) is 9.59 Å². The minimum absolute atomic E-state index is 0.0446. The summed E-state index contributed by atoms with van der Waals surface area (Å²) in [4.78, 5) is 27.0. The van der Waals surface area contributed by atoms with E-state index in [1.807, 2.05) is 35.2 Å².